The van der Waals surface area contributed by atoms with Crippen molar-refractivity contribution < 1.29 is 31.1 Å². The molecule has 22 heavy (non-hydrogen) atoms. The largest absolute Gasteiger partial charge is 0.416 e. The van der Waals surface area contributed by atoms with Crippen LogP contribution in [-0.4, -0.2) is 11.9 Å². The molecule has 1 rings (SSSR count). The fourth-order valence-electron chi connectivity index (χ4n) is 1.56. The molecule has 0 bridgehead atoms. The normalized spacial score (nSPS) is 14.1. The van der Waals surface area contributed by atoms with Gasteiger partial charge in [0.05, 0.1) is 17.2 Å². The number of carbonyl (C=O) groups excluding carboxylic acids is 1. The zero-order valence-corrected chi connectivity index (χ0v) is 11.6. The summed E-state index contributed by atoms with van der Waals surface area (Å²) in [6.45, 7) is 3.19. The number of halogens is 6. The Labute approximate surface area is 122 Å². The van der Waals surface area contributed by atoms with Gasteiger partial charge >= 0.3 is 12.4 Å². The average Bonchev–Trinajstić information content (AvgIpc) is 2.35. The monoisotopic (exact) mass is 328 g/mol. The lowest BCUT2D eigenvalue weighted by molar-refractivity contribution is -0.143. The summed E-state index contributed by atoms with van der Waals surface area (Å²) >= 11 is 0. The number of amides is 1. The summed E-state index contributed by atoms with van der Waals surface area (Å²) < 4.78 is 75.9. The maximum Gasteiger partial charge on any atom is 0.416 e. The minimum atomic E-state index is -4.97. The van der Waals surface area contributed by atoms with Crippen LogP contribution in [0.4, 0.5) is 32.0 Å². The van der Waals surface area contributed by atoms with Crippen molar-refractivity contribution in [3.05, 3.63) is 29.3 Å². The Bertz CT molecular complexity index is 518. The van der Waals surface area contributed by atoms with Crippen LogP contribution in [0.15, 0.2) is 18.2 Å². The number of carbonyl (C=O) groups is 1. The molecule has 1 aromatic rings. The van der Waals surface area contributed by atoms with E-state index in [4.69, 9.17) is 5.73 Å². The predicted molar refractivity (Wildman–Crippen MR) is 67.9 cm³/mol. The van der Waals surface area contributed by atoms with Gasteiger partial charge in [0.25, 0.3) is 0 Å². The van der Waals surface area contributed by atoms with Crippen molar-refractivity contribution in [1.29, 1.82) is 0 Å². The Morgan fingerprint density at radius 2 is 1.41 bits per heavy atom. The second-order valence-corrected chi connectivity index (χ2v) is 5.05. The SMILES string of the molecule is CC(C)[C@H](N)C(=O)Nc1cc(C(F)(F)F)cc(C(F)(F)F)c1. The van der Waals surface area contributed by atoms with Crippen LogP contribution in [0.2, 0.25) is 0 Å². The number of hydrogen-bond acceptors (Lipinski definition) is 2. The third-order valence-corrected chi connectivity index (χ3v) is 2.88. The van der Waals surface area contributed by atoms with Crippen molar-refractivity contribution in [2.45, 2.75) is 32.2 Å². The van der Waals surface area contributed by atoms with Gasteiger partial charge in [0.1, 0.15) is 0 Å². The first kappa shape index (κ1) is 18.3. The van der Waals surface area contributed by atoms with E-state index in [1.807, 2.05) is 5.32 Å². The molecule has 1 amide bonds. The quantitative estimate of drug-likeness (QED) is 0.832. The smallest absolute Gasteiger partial charge is 0.325 e. The van der Waals surface area contributed by atoms with E-state index in [0.29, 0.717) is 12.1 Å². The first-order valence-electron chi connectivity index (χ1n) is 6.18. The summed E-state index contributed by atoms with van der Waals surface area (Å²) in [7, 11) is 0. The predicted octanol–water partition coefficient (Wildman–Crippen LogP) is 3.65. The topological polar surface area (TPSA) is 55.1 Å². The Balaban J connectivity index is 3.22. The second kappa shape index (κ2) is 6.15. The summed E-state index contributed by atoms with van der Waals surface area (Å²) in [4.78, 5) is 11.7. The summed E-state index contributed by atoms with van der Waals surface area (Å²) in [6, 6.07) is -0.206. The van der Waals surface area contributed by atoms with Crippen molar-refractivity contribution in [1.82, 2.24) is 0 Å². The molecule has 9 heteroatoms. The highest BCUT2D eigenvalue weighted by Gasteiger charge is 2.37. The second-order valence-electron chi connectivity index (χ2n) is 5.05. The van der Waals surface area contributed by atoms with Gasteiger partial charge in [0.2, 0.25) is 5.91 Å². The summed E-state index contributed by atoms with van der Waals surface area (Å²) in [5, 5.41) is 1.98. The lowest BCUT2D eigenvalue weighted by Gasteiger charge is -2.18. The molecular weight excluding hydrogens is 314 g/mol. The molecule has 0 saturated carbocycles. The molecule has 1 atom stereocenters. The Morgan fingerprint density at radius 1 is 1.00 bits per heavy atom. The van der Waals surface area contributed by atoms with Gasteiger partial charge in [-0.3, -0.25) is 4.79 Å². The lowest BCUT2D eigenvalue weighted by Crippen LogP contribution is -2.39. The van der Waals surface area contributed by atoms with E-state index in [0.717, 1.165) is 0 Å². The molecular formula is C13H14F6N2O. The molecule has 3 nitrogen and oxygen atoms in total. The fraction of sp³-hybridized carbons (Fsp3) is 0.462. The van der Waals surface area contributed by atoms with Gasteiger partial charge in [0.15, 0.2) is 0 Å². The number of benzene rings is 1. The van der Waals surface area contributed by atoms with E-state index >= 15 is 0 Å². The molecule has 0 radical (unpaired) electrons. The molecule has 0 fully saturated rings. The molecule has 0 aromatic heterocycles. The molecule has 3 N–H and O–H groups in total. The highest BCUT2D eigenvalue weighted by molar-refractivity contribution is 5.95. The lowest BCUT2D eigenvalue weighted by atomic mass is 10.0. The first-order chi connectivity index (χ1) is 9.82. The molecule has 0 aliphatic carbocycles. The van der Waals surface area contributed by atoms with Gasteiger partial charge in [-0.15, -0.1) is 0 Å². The van der Waals surface area contributed by atoms with Crippen LogP contribution < -0.4 is 11.1 Å². The molecule has 1 aromatic carbocycles. The highest BCUT2D eigenvalue weighted by atomic mass is 19.4. The van der Waals surface area contributed by atoms with Gasteiger partial charge in [-0.2, -0.15) is 26.3 Å². The van der Waals surface area contributed by atoms with E-state index in [2.05, 4.69) is 0 Å². The van der Waals surface area contributed by atoms with Crippen LogP contribution >= 0.6 is 0 Å². The number of rotatable bonds is 3. The van der Waals surface area contributed by atoms with Crippen molar-refractivity contribution in [2.75, 3.05) is 5.32 Å². The number of alkyl halides is 6. The van der Waals surface area contributed by atoms with Gasteiger partial charge in [0, 0.05) is 5.69 Å². The minimum Gasteiger partial charge on any atom is -0.325 e. The van der Waals surface area contributed by atoms with Gasteiger partial charge in [-0.1, -0.05) is 13.8 Å². The van der Waals surface area contributed by atoms with Gasteiger partial charge in [-0.05, 0) is 24.1 Å². The Kier molecular flexibility index (Phi) is 5.11. The first-order valence-corrected chi connectivity index (χ1v) is 6.18. The van der Waals surface area contributed by atoms with Crippen LogP contribution in [-0.2, 0) is 17.1 Å². The third kappa shape index (κ3) is 4.62. The van der Waals surface area contributed by atoms with Crippen molar-refractivity contribution >= 4 is 11.6 Å². The Morgan fingerprint density at radius 3 is 1.73 bits per heavy atom. The van der Waals surface area contributed by atoms with Crippen LogP contribution in [0.5, 0.6) is 0 Å². The zero-order chi connectivity index (χ0) is 17.3. The van der Waals surface area contributed by atoms with E-state index in [9.17, 15) is 31.1 Å². The number of nitrogens with one attached hydrogen (secondary N) is 1. The zero-order valence-electron chi connectivity index (χ0n) is 11.6. The van der Waals surface area contributed by atoms with E-state index in [1.165, 1.54) is 0 Å². The number of anilines is 1. The molecule has 0 aliphatic rings. The fourth-order valence-corrected chi connectivity index (χ4v) is 1.56. The van der Waals surface area contributed by atoms with Gasteiger partial charge < -0.3 is 11.1 Å². The maximum atomic E-state index is 12.7. The van der Waals surface area contributed by atoms with E-state index in [-0.39, 0.29) is 12.0 Å². The summed E-state index contributed by atoms with van der Waals surface area (Å²) in [6.07, 6.45) is -9.94. The molecule has 0 heterocycles. The number of nitrogens with two attached hydrogens (primary N) is 1. The minimum absolute atomic E-state index is 0.0158. The van der Waals surface area contributed by atoms with Crippen LogP contribution in [0, 0.1) is 5.92 Å². The maximum absolute atomic E-state index is 12.7. The Hall–Kier alpha value is -1.77. The van der Waals surface area contributed by atoms with Crippen LogP contribution in [0.3, 0.4) is 0 Å². The van der Waals surface area contributed by atoms with Gasteiger partial charge in [-0.25, -0.2) is 0 Å². The highest BCUT2D eigenvalue weighted by Crippen LogP contribution is 2.37. The molecule has 0 unspecified atom stereocenters. The summed E-state index contributed by atoms with van der Waals surface area (Å²) in [5.74, 6) is -1.18. The van der Waals surface area contributed by atoms with E-state index in [1.54, 1.807) is 13.8 Å². The third-order valence-electron chi connectivity index (χ3n) is 2.88. The molecule has 124 valence electrons. The van der Waals surface area contributed by atoms with Crippen molar-refractivity contribution in [3.8, 4) is 0 Å². The number of hydrogen-bond donors (Lipinski definition) is 2. The average molecular weight is 328 g/mol. The molecule has 0 aliphatic heterocycles. The molecule has 0 spiro atoms. The standard InChI is InChI=1S/C13H14F6N2O/c1-6(2)10(20)11(22)21-9-4-7(12(14,15)16)3-8(5-9)13(17,18)19/h3-6,10H,20H2,1-2H3,(H,21,22)/t10-/m0/s1. The van der Waals surface area contributed by atoms with Crippen LogP contribution in [0.1, 0.15) is 25.0 Å². The molecule has 0 saturated heterocycles. The van der Waals surface area contributed by atoms with Crippen LogP contribution in [0.25, 0.3) is 0 Å². The summed E-state index contributed by atoms with van der Waals surface area (Å²) in [5.41, 5.74) is 1.88. The van der Waals surface area contributed by atoms with Crippen molar-refractivity contribution in [2.24, 2.45) is 11.7 Å². The van der Waals surface area contributed by atoms with Crippen molar-refractivity contribution in [3.63, 3.8) is 0 Å². The van der Waals surface area contributed by atoms with E-state index < -0.39 is 41.1 Å².